The highest BCUT2D eigenvalue weighted by Crippen LogP contribution is 2.10. The lowest BCUT2D eigenvalue weighted by atomic mass is 10.1. The molecule has 0 spiro atoms. The Hall–Kier alpha value is -1.06. The normalized spacial score (nSPS) is 10.7. The van der Waals surface area contributed by atoms with Crippen molar-refractivity contribution in [3.63, 3.8) is 0 Å². The highest BCUT2D eigenvalue weighted by molar-refractivity contribution is 5.75. The number of carbonyl (C=O) groups is 2. The smallest absolute Gasteiger partial charge is 0.222 e. The average molecular weight is 327 g/mol. The molecule has 0 saturated carbocycles. The minimum absolute atomic E-state index is 0.192. The van der Waals surface area contributed by atoms with Crippen LogP contribution in [0.15, 0.2) is 0 Å². The maximum absolute atomic E-state index is 12.0. The summed E-state index contributed by atoms with van der Waals surface area (Å²) in [5.74, 6) is 0.107. The largest absolute Gasteiger partial charge is 0.370 e. The van der Waals surface area contributed by atoms with Crippen molar-refractivity contribution in [1.29, 1.82) is 0 Å². The van der Waals surface area contributed by atoms with Crippen LogP contribution >= 0.6 is 0 Å². The van der Waals surface area contributed by atoms with Gasteiger partial charge in [-0.15, -0.1) is 0 Å². The van der Waals surface area contributed by atoms with Crippen LogP contribution in [0.1, 0.15) is 96.8 Å². The molecular weight excluding hydrogens is 288 g/mol. The number of hydrogen-bond donors (Lipinski definition) is 1. The fourth-order valence-electron chi connectivity index (χ4n) is 2.73. The van der Waals surface area contributed by atoms with Crippen molar-refractivity contribution >= 4 is 11.8 Å². The molecule has 0 atom stereocenters. The van der Waals surface area contributed by atoms with Crippen LogP contribution in [0.25, 0.3) is 0 Å². The van der Waals surface area contributed by atoms with Crippen LogP contribution in [0.3, 0.4) is 0 Å². The Labute approximate surface area is 143 Å². The van der Waals surface area contributed by atoms with Crippen molar-refractivity contribution in [2.24, 2.45) is 5.73 Å². The molecule has 4 nitrogen and oxygen atoms in total. The molecule has 0 radical (unpaired) electrons. The van der Waals surface area contributed by atoms with Crippen molar-refractivity contribution in [2.45, 2.75) is 96.8 Å². The molecule has 0 heterocycles. The topological polar surface area (TPSA) is 63.4 Å². The van der Waals surface area contributed by atoms with Crippen LogP contribution < -0.4 is 5.73 Å². The Morgan fingerprint density at radius 3 is 1.78 bits per heavy atom. The van der Waals surface area contributed by atoms with Crippen LogP contribution in [-0.2, 0) is 9.59 Å². The second-order valence-corrected chi connectivity index (χ2v) is 6.67. The summed E-state index contributed by atoms with van der Waals surface area (Å²) in [5, 5.41) is 0. The number of nitrogens with zero attached hydrogens (tertiary/aromatic N) is 1. The number of carbonyl (C=O) groups excluding carboxylic acids is 2. The summed E-state index contributed by atoms with van der Waals surface area (Å²) >= 11 is 0. The Bertz CT molecular complexity index is 306. The molecule has 0 aromatic carbocycles. The number of unbranched alkanes of at least 4 members (excludes halogenated alkanes) is 10. The lowest BCUT2D eigenvalue weighted by Gasteiger charge is -2.17. The lowest BCUT2D eigenvalue weighted by molar-refractivity contribution is -0.130. The fourth-order valence-corrected chi connectivity index (χ4v) is 2.73. The first-order chi connectivity index (χ1) is 11.1. The summed E-state index contributed by atoms with van der Waals surface area (Å²) in [5.41, 5.74) is 5.11. The molecule has 0 aliphatic heterocycles. The van der Waals surface area contributed by atoms with Gasteiger partial charge in [0.25, 0.3) is 0 Å². The molecule has 136 valence electrons. The van der Waals surface area contributed by atoms with E-state index in [0.29, 0.717) is 18.7 Å². The van der Waals surface area contributed by atoms with Gasteiger partial charge in [-0.05, 0) is 19.3 Å². The third-order valence-corrected chi connectivity index (χ3v) is 4.34. The number of rotatable bonds is 16. The Kier molecular flexibility index (Phi) is 15.1. The van der Waals surface area contributed by atoms with Crippen LogP contribution in [0.4, 0.5) is 0 Å². The van der Waals surface area contributed by atoms with E-state index in [1.54, 1.807) is 0 Å². The van der Waals surface area contributed by atoms with E-state index in [9.17, 15) is 9.59 Å². The maximum Gasteiger partial charge on any atom is 0.222 e. The molecule has 0 saturated heterocycles. The molecule has 0 aliphatic carbocycles. The van der Waals surface area contributed by atoms with Gasteiger partial charge >= 0.3 is 0 Å². The lowest BCUT2D eigenvalue weighted by Crippen LogP contribution is -2.27. The number of amides is 2. The van der Waals surface area contributed by atoms with Gasteiger partial charge in [0.1, 0.15) is 0 Å². The van der Waals surface area contributed by atoms with Crippen LogP contribution in [0.5, 0.6) is 0 Å². The molecule has 2 amide bonds. The minimum atomic E-state index is -0.192. The van der Waals surface area contributed by atoms with Crippen LogP contribution in [0.2, 0.25) is 0 Å². The molecule has 0 rings (SSSR count). The zero-order chi connectivity index (χ0) is 17.3. The van der Waals surface area contributed by atoms with E-state index in [-0.39, 0.29) is 5.91 Å². The summed E-state index contributed by atoms with van der Waals surface area (Å²) in [6.07, 6.45) is 15.2. The van der Waals surface area contributed by atoms with Crippen LogP contribution in [0, 0.1) is 0 Å². The molecular formula is C19H38N2O2. The van der Waals surface area contributed by atoms with E-state index in [4.69, 9.17) is 5.73 Å². The zero-order valence-corrected chi connectivity index (χ0v) is 15.4. The zero-order valence-electron chi connectivity index (χ0n) is 15.4. The summed E-state index contributed by atoms with van der Waals surface area (Å²) in [6, 6.07) is 0. The van der Waals surface area contributed by atoms with Gasteiger partial charge in [0, 0.05) is 26.4 Å². The molecule has 0 aromatic heterocycles. The first-order valence-corrected chi connectivity index (χ1v) is 9.60. The van der Waals surface area contributed by atoms with Crippen LogP contribution in [-0.4, -0.2) is 30.3 Å². The quantitative estimate of drug-likeness (QED) is 0.427. The Balaban J connectivity index is 3.36. The van der Waals surface area contributed by atoms with Gasteiger partial charge in [0.15, 0.2) is 0 Å². The molecule has 0 bridgehead atoms. The molecule has 23 heavy (non-hydrogen) atoms. The molecule has 2 N–H and O–H groups in total. The van der Waals surface area contributed by atoms with Crippen molar-refractivity contribution < 1.29 is 9.59 Å². The predicted octanol–water partition coefficient (Wildman–Crippen LogP) is 4.41. The van der Waals surface area contributed by atoms with E-state index in [0.717, 1.165) is 32.2 Å². The van der Waals surface area contributed by atoms with Crippen molar-refractivity contribution in [1.82, 2.24) is 4.90 Å². The first-order valence-electron chi connectivity index (χ1n) is 9.60. The predicted molar refractivity (Wildman–Crippen MR) is 97.1 cm³/mol. The van der Waals surface area contributed by atoms with E-state index >= 15 is 0 Å². The van der Waals surface area contributed by atoms with Gasteiger partial charge in [-0.2, -0.15) is 0 Å². The van der Waals surface area contributed by atoms with E-state index in [1.807, 2.05) is 11.9 Å². The molecule has 0 aromatic rings. The van der Waals surface area contributed by atoms with Gasteiger partial charge in [-0.3, -0.25) is 9.59 Å². The highest BCUT2D eigenvalue weighted by Gasteiger charge is 2.07. The van der Waals surface area contributed by atoms with Crippen molar-refractivity contribution in [3.05, 3.63) is 0 Å². The van der Waals surface area contributed by atoms with Gasteiger partial charge in [0.05, 0.1) is 0 Å². The summed E-state index contributed by atoms with van der Waals surface area (Å²) in [6.45, 7) is 3.09. The summed E-state index contributed by atoms with van der Waals surface area (Å²) in [4.78, 5) is 24.4. The molecule has 4 heteroatoms. The van der Waals surface area contributed by atoms with Gasteiger partial charge < -0.3 is 10.6 Å². The van der Waals surface area contributed by atoms with Gasteiger partial charge in [-0.1, -0.05) is 64.7 Å². The molecule has 0 unspecified atom stereocenters. The van der Waals surface area contributed by atoms with Crippen molar-refractivity contribution in [3.8, 4) is 0 Å². The standard InChI is InChI=1S/C19H38N2O2/c1-3-4-5-9-13-16-19(23)21(2)17-14-11-8-6-7-10-12-15-18(20)22/h3-17H2,1-2H3,(H2,20,22). The third-order valence-electron chi connectivity index (χ3n) is 4.34. The number of hydrogen-bond acceptors (Lipinski definition) is 2. The van der Waals surface area contributed by atoms with Gasteiger partial charge in [-0.25, -0.2) is 0 Å². The third kappa shape index (κ3) is 15.6. The average Bonchev–Trinajstić information content (AvgIpc) is 2.52. The fraction of sp³-hybridized carbons (Fsp3) is 0.895. The first kappa shape index (κ1) is 21.9. The molecule has 0 fully saturated rings. The second kappa shape index (κ2) is 15.8. The minimum Gasteiger partial charge on any atom is -0.370 e. The second-order valence-electron chi connectivity index (χ2n) is 6.67. The van der Waals surface area contributed by atoms with Crippen molar-refractivity contribution in [2.75, 3.05) is 13.6 Å². The highest BCUT2D eigenvalue weighted by atomic mass is 16.2. The Morgan fingerprint density at radius 1 is 0.739 bits per heavy atom. The summed E-state index contributed by atoms with van der Waals surface area (Å²) in [7, 11) is 1.93. The number of nitrogens with two attached hydrogens (primary N) is 1. The monoisotopic (exact) mass is 326 g/mol. The number of primary amides is 1. The maximum atomic E-state index is 12.0. The van der Waals surface area contributed by atoms with E-state index < -0.39 is 0 Å². The van der Waals surface area contributed by atoms with E-state index in [1.165, 1.54) is 51.4 Å². The SMILES string of the molecule is CCCCCCCC(=O)N(C)CCCCCCCCCC(N)=O. The Morgan fingerprint density at radius 2 is 1.22 bits per heavy atom. The van der Waals surface area contributed by atoms with E-state index in [2.05, 4.69) is 6.92 Å². The molecule has 0 aliphatic rings. The van der Waals surface area contributed by atoms with Gasteiger partial charge in [0.2, 0.25) is 11.8 Å². The summed E-state index contributed by atoms with van der Waals surface area (Å²) < 4.78 is 0.